The number of carbonyl (C=O) groups excluding carboxylic acids is 1. The molecule has 0 spiro atoms. The SMILES string of the molecule is C=C/C(=N\C(=C/N)c1cccc(C)n1)N(C(=O)OC(C)(C)C)c1ccc(Cl)cc1. The van der Waals surface area contributed by atoms with Gasteiger partial charge in [0.25, 0.3) is 0 Å². The molecule has 6 nitrogen and oxygen atoms in total. The van der Waals surface area contributed by atoms with Crippen LogP contribution in [0.2, 0.25) is 5.02 Å². The van der Waals surface area contributed by atoms with E-state index in [0.717, 1.165) is 5.69 Å². The minimum atomic E-state index is -0.696. The predicted octanol–water partition coefficient (Wildman–Crippen LogP) is 5.33. The highest BCUT2D eigenvalue weighted by atomic mass is 35.5. The molecule has 152 valence electrons. The topological polar surface area (TPSA) is 80.8 Å². The van der Waals surface area contributed by atoms with Gasteiger partial charge in [0.15, 0.2) is 0 Å². The predicted molar refractivity (Wildman–Crippen MR) is 119 cm³/mol. The van der Waals surface area contributed by atoms with E-state index in [1.54, 1.807) is 51.1 Å². The van der Waals surface area contributed by atoms with Gasteiger partial charge in [0, 0.05) is 16.9 Å². The Bertz CT molecular complexity index is 944. The fourth-order valence-corrected chi connectivity index (χ4v) is 2.53. The molecular weight excluding hydrogens is 388 g/mol. The molecule has 0 aliphatic heterocycles. The summed E-state index contributed by atoms with van der Waals surface area (Å²) in [5.74, 6) is 0.238. The zero-order valence-corrected chi connectivity index (χ0v) is 17.8. The first kappa shape index (κ1) is 22.2. The number of aliphatic imine (C=N–C) groups is 1. The summed E-state index contributed by atoms with van der Waals surface area (Å²) in [4.78, 5) is 23.3. The Labute approximate surface area is 176 Å². The Kier molecular flexibility index (Phi) is 7.18. The summed E-state index contributed by atoms with van der Waals surface area (Å²) >= 11 is 6.00. The van der Waals surface area contributed by atoms with Crippen LogP contribution in [0.25, 0.3) is 5.70 Å². The van der Waals surface area contributed by atoms with Gasteiger partial charge in [0.1, 0.15) is 17.1 Å². The molecule has 2 aromatic rings. The first-order chi connectivity index (χ1) is 13.6. The number of pyridine rings is 1. The van der Waals surface area contributed by atoms with Gasteiger partial charge < -0.3 is 10.5 Å². The monoisotopic (exact) mass is 412 g/mol. The first-order valence-corrected chi connectivity index (χ1v) is 9.38. The number of carbonyl (C=O) groups is 1. The van der Waals surface area contributed by atoms with Crippen molar-refractivity contribution >= 4 is 34.9 Å². The maximum absolute atomic E-state index is 13.0. The summed E-state index contributed by atoms with van der Waals surface area (Å²) in [5.41, 5.74) is 7.42. The molecule has 0 radical (unpaired) electrons. The number of hydrogen-bond donors (Lipinski definition) is 1. The minimum absolute atomic E-state index is 0.238. The lowest BCUT2D eigenvalue weighted by Crippen LogP contribution is -2.40. The number of rotatable bonds is 4. The number of anilines is 1. The van der Waals surface area contributed by atoms with Crippen molar-refractivity contribution in [3.05, 3.63) is 77.7 Å². The number of aromatic nitrogens is 1. The van der Waals surface area contributed by atoms with Crippen molar-refractivity contribution in [2.45, 2.75) is 33.3 Å². The number of amidine groups is 1. The standard InChI is InChI=1S/C22H25ClN4O2/c1-6-20(26-19(14-24)18-9-7-8-15(2)25-18)27(21(28)29-22(3,4)5)17-12-10-16(23)11-13-17/h6-14H,1,24H2,2-5H3/b19-14-,26-20+. The van der Waals surface area contributed by atoms with Crippen molar-refractivity contribution in [3.63, 3.8) is 0 Å². The van der Waals surface area contributed by atoms with E-state index in [2.05, 4.69) is 16.6 Å². The second-order valence-electron chi connectivity index (χ2n) is 7.18. The first-order valence-electron chi connectivity index (χ1n) is 9.00. The van der Waals surface area contributed by atoms with Crippen LogP contribution in [0.3, 0.4) is 0 Å². The molecule has 2 N–H and O–H groups in total. The molecule has 1 aromatic heterocycles. The molecule has 0 fully saturated rings. The lowest BCUT2D eigenvalue weighted by molar-refractivity contribution is 0.0604. The van der Waals surface area contributed by atoms with Gasteiger partial charge in [-0.1, -0.05) is 24.2 Å². The Balaban J connectivity index is 2.55. The van der Waals surface area contributed by atoms with Crippen LogP contribution in [-0.2, 0) is 4.74 Å². The molecule has 1 aromatic carbocycles. The van der Waals surface area contributed by atoms with E-state index in [-0.39, 0.29) is 5.84 Å². The maximum atomic E-state index is 13.0. The van der Waals surface area contributed by atoms with Gasteiger partial charge in [-0.3, -0.25) is 4.98 Å². The average molecular weight is 413 g/mol. The smallest absolute Gasteiger partial charge is 0.420 e. The largest absolute Gasteiger partial charge is 0.443 e. The molecule has 0 unspecified atom stereocenters. The van der Waals surface area contributed by atoms with Crippen LogP contribution in [0.4, 0.5) is 10.5 Å². The Hall–Kier alpha value is -3.12. The van der Waals surface area contributed by atoms with E-state index in [9.17, 15) is 4.79 Å². The third kappa shape index (κ3) is 6.19. The van der Waals surface area contributed by atoms with Gasteiger partial charge in [-0.25, -0.2) is 14.7 Å². The number of aryl methyl sites for hydroxylation is 1. The molecule has 0 saturated heterocycles. The summed E-state index contributed by atoms with van der Waals surface area (Å²) in [6, 6.07) is 12.3. The molecule has 0 aliphatic rings. The van der Waals surface area contributed by atoms with Gasteiger partial charge >= 0.3 is 6.09 Å². The van der Waals surface area contributed by atoms with Crippen LogP contribution in [-0.4, -0.2) is 22.5 Å². The zero-order chi connectivity index (χ0) is 21.6. The quantitative estimate of drug-likeness (QED) is 0.543. The molecule has 0 atom stereocenters. The summed E-state index contributed by atoms with van der Waals surface area (Å²) in [6.45, 7) is 11.0. The third-order valence-electron chi connectivity index (χ3n) is 3.62. The molecule has 1 heterocycles. The van der Waals surface area contributed by atoms with E-state index < -0.39 is 11.7 Å². The molecule has 0 bridgehead atoms. The fraction of sp³-hybridized carbons (Fsp3) is 0.227. The van der Waals surface area contributed by atoms with Crippen LogP contribution in [0.1, 0.15) is 32.2 Å². The number of hydrogen-bond acceptors (Lipinski definition) is 5. The number of nitrogens with two attached hydrogens (primary N) is 1. The molecular formula is C22H25ClN4O2. The van der Waals surface area contributed by atoms with E-state index >= 15 is 0 Å². The highest BCUT2D eigenvalue weighted by molar-refractivity contribution is 6.30. The van der Waals surface area contributed by atoms with Crippen LogP contribution >= 0.6 is 11.6 Å². The number of halogens is 1. The lowest BCUT2D eigenvalue weighted by atomic mass is 10.2. The fourth-order valence-electron chi connectivity index (χ4n) is 2.40. The van der Waals surface area contributed by atoms with Gasteiger partial charge in [-0.05, 0) is 70.2 Å². The molecule has 0 saturated carbocycles. The van der Waals surface area contributed by atoms with E-state index in [1.807, 2.05) is 19.1 Å². The molecule has 2 rings (SSSR count). The second-order valence-corrected chi connectivity index (χ2v) is 7.62. The summed E-state index contributed by atoms with van der Waals surface area (Å²) < 4.78 is 5.57. The number of benzene rings is 1. The van der Waals surface area contributed by atoms with Gasteiger partial charge in [0.05, 0.1) is 11.4 Å². The van der Waals surface area contributed by atoms with Crippen LogP contribution in [0.15, 0.2) is 66.3 Å². The summed E-state index contributed by atoms with van der Waals surface area (Å²) in [6.07, 6.45) is 2.19. The maximum Gasteiger partial charge on any atom is 0.420 e. The van der Waals surface area contributed by atoms with Crippen molar-refractivity contribution in [2.75, 3.05) is 4.90 Å². The van der Waals surface area contributed by atoms with Crippen LogP contribution < -0.4 is 10.6 Å². The van der Waals surface area contributed by atoms with E-state index in [4.69, 9.17) is 22.1 Å². The molecule has 29 heavy (non-hydrogen) atoms. The van der Waals surface area contributed by atoms with Crippen molar-refractivity contribution in [2.24, 2.45) is 10.7 Å². The Morgan fingerprint density at radius 1 is 1.24 bits per heavy atom. The summed E-state index contributed by atoms with van der Waals surface area (Å²) in [5, 5.41) is 0.543. The summed E-state index contributed by atoms with van der Waals surface area (Å²) in [7, 11) is 0. The minimum Gasteiger partial charge on any atom is -0.443 e. The van der Waals surface area contributed by atoms with Crippen molar-refractivity contribution in [1.82, 2.24) is 4.98 Å². The Morgan fingerprint density at radius 2 is 1.90 bits per heavy atom. The van der Waals surface area contributed by atoms with Gasteiger partial charge in [-0.15, -0.1) is 0 Å². The third-order valence-corrected chi connectivity index (χ3v) is 3.87. The average Bonchev–Trinajstić information content (AvgIpc) is 2.64. The normalized spacial score (nSPS) is 12.4. The van der Waals surface area contributed by atoms with E-state index in [1.165, 1.54) is 17.2 Å². The second kappa shape index (κ2) is 9.39. The Morgan fingerprint density at radius 3 is 2.41 bits per heavy atom. The van der Waals surface area contributed by atoms with Gasteiger partial charge in [0.2, 0.25) is 0 Å². The van der Waals surface area contributed by atoms with Gasteiger partial charge in [-0.2, -0.15) is 0 Å². The molecule has 7 heteroatoms. The van der Waals surface area contributed by atoms with Crippen molar-refractivity contribution < 1.29 is 9.53 Å². The van der Waals surface area contributed by atoms with Crippen molar-refractivity contribution in [1.29, 1.82) is 0 Å². The number of nitrogens with zero attached hydrogens (tertiary/aromatic N) is 3. The van der Waals surface area contributed by atoms with Crippen molar-refractivity contribution in [3.8, 4) is 0 Å². The number of ether oxygens (including phenoxy) is 1. The van der Waals surface area contributed by atoms with Crippen LogP contribution in [0.5, 0.6) is 0 Å². The molecule has 0 aliphatic carbocycles. The molecule has 1 amide bonds. The lowest BCUT2D eigenvalue weighted by Gasteiger charge is -2.27. The number of amides is 1. The van der Waals surface area contributed by atoms with Crippen LogP contribution in [0, 0.1) is 6.92 Å². The zero-order valence-electron chi connectivity index (χ0n) is 17.0. The highest BCUT2D eigenvalue weighted by Crippen LogP contribution is 2.23. The highest BCUT2D eigenvalue weighted by Gasteiger charge is 2.26. The van der Waals surface area contributed by atoms with E-state index in [0.29, 0.717) is 22.1 Å².